The lowest BCUT2D eigenvalue weighted by molar-refractivity contribution is 0.0694. The van der Waals surface area contributed by atoms with Crippen LogP contribution >= 0.6 is 27.7 Å². The molecule has 0 aliphatic rings. The average Bonchev–Trinajstić information content (AvgIpc) is 2.69. The highest BCUT2D eigenvalue weighted by atomic mass is 79.9. The number of rotatable bonds is 5. The van der Waals surface area contributed by atoms with Crippen molar-refractivity contribution in [3.8, 4) is 0 Å². The van der Waals surface area contributed by atoms with Crippen LogP contribution < -0.4 is 5.73 Å². The Bertz CT molecular complexity index is 625. The maximum atomic E-state index is 11.3. The number of hydrogen-bond donors (Lipinski definition) is 2. The van der Waals surface area contributed by atoms with Gasteiger partial charge in [-0.3, -0.25) is 0 Å². The molecule has 0 aliphatic heterocycles. The number of carboxylic acid groups (broad SMARTS) is 1. The lowest BCUT2D eigenvalue weighted by atomic mass is 10.2. The van der Waals surface area contributed by atoms with Crippen LogP contribution in [0.15, 0.2) is 33.8 Å². The van der Waals surface area contributed by atoms with E-state index in [-0.39, 0.29) is 11.4 Å². The number of carbonyl (C=O) groups is 1. The number of nitrogen functional groups attached to an aromatic ring is 1. The fourth-order valence-corrected chi connectivity index (χ4v) is 2.80. The minimum atomic E-state index is -1.04. The molecule has 0 fully saturated rings. The minimum absolute atomic E-state index is 0.0916. The zero-order valence-electron chi connectivity index (χ0n) is 10.8. The first-order chi connectivity index (χ1) is 9.52. The predicted octanol–water partition coefficient (Wildman–Crippen LogP) is 3.09. The topological polar surface area (TPSA) is 81.1 Å². The third-order valence-corrected chi connectivity index (χ3v) is 4.08. The summed E-state index contributed by atoms with van der Waals surface area (Å²) in [5.74, 6) is -0.105. The van der Waals surface area contributed by atoms with Gasteiger partial charge >= 0.3 is 5.97 Å². The number of nitrogens with zero attached hydrogens (tertiary/aromatic N) is 2. The molecule has 1 aromatic heterocycles. The number of thioether (sulfide) groups is 1. The fourth-order valence-electron chi connectivity index (χ4n) is 1.77. The molecule has 2 aromatic rings. The Balaban J connectivity index is 2.34. The summed E-state index contributed by atoms with van der Waals surface area (Å²) in [4.78, 5) is 11.3. The number of aromatic carboxylic acids is 1. The molecular weight excluding hydrogens is 342 g/mol. The second-order valence-corrected chi connectivity index (χ2v) is 6.26. The van der Waals surface area contributed by atoms with Crippen LogP contribution in [0.2, 0.25) is 0 Å². The quantitative estimate of drug-likeness (QED) is 0.805. The number of aromatic nitrogens is 2. The van der Waals surface area contributed by atoms with E-state index < -0.39 is 5.97 Å². The molecule has 20 heavy (non-hydrogen) atoms. The van der Waals surface area contributed by atoms with Gasteiger partial charge in [0.05, 0.1) is 6.54 Å². The van der Waals surface area contributed by atoms with Gasteiger partial charge in [0, 0.05) is 4.47 Å². The van der Waals surface area contributed by atoms with Crippen molar-refractivity contribution in [1.82, 2.24) is 9.78 Å². The van der Waals surface area contributed by atoms with Gasteiger partial charge in [0.2, 0.25) is 0 Å². The Labute approximate surface area is 129 Å². The summed E-state index contributed by atoms with van der Waals surface area (Å²) in [6.45, 7) is 2.39. The minimum Gasteiger partial charge on any atom is -0.477 e. The summed E-state index contributed by atoms with van der Waals surface area (Å²) in [7, 11) is 0. The van der Waals surface area contributed by atoms with Gasteiger partial charge in [-0.25, -0.2) is 9.48 Å². The standard InChI is InChI=1S/C13H14BrN3O2S/c1-2-20-12-10(13(18)19)11(15)17(16-12)7-8-3-5-9(14)6-4-8/h3-6H,2,7,15H2,1H3,(H,18,19). The molecule has 0 saturated carbocycles. The summed E-state index contributed by atoms with van der Waals surface area (Å²) in [6.07, 6.45) is 0. The molecule has 0 spiro atoms. The van der Waals surface area contributed by atoms with E-state index >= 15 is 0 Å². The van der Waals surface area contributed by atoms with E-state index in [9.17, 15) is 9.90 Å². The van der Waals surface area contributed by atoms with Gasteiger partial charge in [0.15, 0.2) is 0 Å². The first-order valence-corrected chi connectivity index (χ1v) is 7.77. The fraction of sp³-hybridized carbons (Fsp3) is 0.231. The molecule has 5 nitrogen and oxygen atoms in total. The van der Waals surface area contributed by atoms with Crippen LogP contribution in [-0.4, -0.2) is 26.6 Å². The average molecular weight is 356 g/mol. The number of nitrogens with two attached hydrogens (primary N) is 1. The van der Waals surface area contributed by atoms with Gasteiger partial charge in [-0.2, -0.15) is 5.10 Å². The van der Waals surface area contributed by atoms with Gasteiger partial charge in [0.1, 0.15) is 16.4 Å². The molecular formula is C13H14BrN3O2S. The Kier molecular flexibility index (Phi) is 4.72. The molecule has 0 radical (unpaired) electrons. The maximum absolute atomic E-state index is 11.3. The Hall–Kier alpha value is -1.47. The summed E-state index contributed by atoms with van der Waals surface area (Å²) < 4.78 is 2.52. The van der Waals surface area contributed by atoms with Gasteiger partial charge in [-0.1, -0.05) is 35.0 Å². The lowest BCUT2D eigenvalue weighted by Crippen LogP contribution is -2.08. The van der Waals surface area contributed by atoms with Crippen molar-refractivity contribution in [3.05, 3.63) is 39.9 Å². The predicted molar refractivity (Wildman–Crippen MR) is 83.2 cm³/mol. The van der Waals surface area contributed by atoms with E-state index in [4.69, 9.17) is 5.73 Å². The Morgan fingerprint density at radius 2 is 2.10 bits per heavy atom. The number of benzene rings is 1. The van der Waals surface area contributed by atoms with E-state index in [2.05, 4.69) is 21.0 Å². The number of halogens is 1. The highest BCUT2D eigenvalue weighted by Gasteiger charge is 2.21. The van der Waals surface area contributed by atoms with E-state index in [1.165, 1.54) is 16.4 Å². The third kappa shape index (κ3) is 3.16. The molecule has 2 rings (SSSR count). The van der Waals surface area contributed by atoms with E-state index in [1.54, 1.807) is 0 Å². The second-order valence-electron chi connectivity index (χ2n) is 4.09. The highest BCUT2D eigenvalue weighted by molar-refractivity contribution is 9.10. The Morgan fingerprint density at radius 1 is 1.45 bits per heavy atom. The number of hydrogen-bond acceptors (Lipinski definition) is 4. The van der Waals surface area contributed by atoms with Crippen LogP contribution in [-0.2, 0) is 6.54 Å². The highest BCUT2D eigenvalue weighted by Crippen LogP contribution is 2.27. The SMILES string of the molecule is CCSc1nn(Cc2ccc(Br)cc2)c(N)c1C(=O)O. The summed E-state index contributed by atoms with van der Waals surface area (Å²) >= 11 is 4.75. The van der Waals surface area contributed by atoms with Crippen molar-refractivity contribution in [2.75, 3.05) is 11.5 Å². The molecule has 0 amide bonds. The first-order valence-electron chi connectivity index (χ1n) is 5.99. The van der Waals surface area contributed by atoms with E-state index in [0.29, 0.717) is 11.6 Å². The van der Waals surface area contributed by atoms with Gasteiger partial charge < -0.3 is 10.8 Å². The van der Waals surface area contributed by atoms with Gasteiger partial charge in [-0.05, 0) is 23.4 Å². The third-order valence-electron chi connectivity index (χ3n) is 2.70. The normalized spacial score (nSPS) is 10.7. The molecule has 7 heteroatoms. The van der Waals surface area contributed by atoms with E-state index in [1.807, 2.05) is 31.2 Å². The molecule has 0 aliphatic carbocycles. The molecule has 1 aromatic carbocycles. The van der Waals surface area contributed by atoms with Gasteiger partial charge in [-0.15, -0.1) is 11.8 Å². The number of anilines is 1. The van der Waals surface area contributed by atoms with E-state index in [0.717, 1.165) is 15.8 Å². The van der Waals surface area contributed by atoms with Crippen molar-refractivity contribution >= 4 is 39.5 Å². The van der Waals surface area contributed by atoms with Crippen LogP contribution in [0.1, 0.15) is 22.8 Å². The smallest absolute Gasteiger partial charge is 0.342 e. The Morgan fingerprint density at radius 3 is 2.65 bits per heavy atom. The lowest BCUT2D eigenvalue weighted by Gasteiger charge is -2.04. The monoisotopic (exact) mass is 355 g/mol. The number of carboxylic acids is 1. The molecule has 0 atom stereocenters. The summed E-state index contributed by atoms with van der Waals surface area (Å²) in [5.41, 5.74) is 7.01. The second kappa shape index (κ2) is 6.32. The molecule has 106 valence electrons. The molecule has 0 saturated heterocycles. The largest absolute Gasteiger partial charge is 0.477 e. The summed E-state index contributed by atoms with van der Waals surface area (Å²) in [5, 5.41) is 14.0. The van der Waals surface area contributed by atoms with Crippen molar-refractivity contribution in [3.63, 3.8) is 0 Å². The van der Waals surface area contributed by atoms with Crippen LogP contribution in [0.3, 0.4) is 0 Å². The maximum Gasteiger partial charge on any atom is 0.342 e. The van der Waals surface area contributed by atoms with Gasteiger partial charge in [0.25, 0.3) is 0 Å². The van der Waals surface area contributed by atoms with Crippen LogP contribution in [0.4, 0.5) is 5.82 Å². The van der Waals surface area contributed by atoms with Crippen molar-refractivity contribution < 1.29 is 9.90 Å². The van der Waals surface area contributed by atoms with Crippen LogP contribution in [0, 0.1) is 0 Å². The molecule has 3 N–H and O–H groups in total. The molecule has 0 unspecified atom stereocenters. The van der Waals surface area contributed by atoms with Crippen LogP contribution in [0.5, 0.6) is 0 Å². The zero-order chi connectivity index (χ0) is 14.7. The zero-order valence-corrected chi connectivity index (χ0v) is 13.2. The van der Waals surface area contributed by atoms with Crippen molar-refractivity contribution in [2.45, 2.75) is 18.5 Å². The molecule has 0 bridgehead atoms. The van der Waals surface area contributed by atoms with Crippen molar-refractivity contribution in [1.29, 1.82) is 0 Å². The van der Waals surface area contributed by atoms with Crippen LogP contribution in [0.25, 0.3) is 0 Å². The summed E-state index contributed by atoms with van der Waals surface area (Å²) in [6, 6.07) is 7.74. The molecule has 1 heterocycles. The first kappa shape index (κ1) is 14.9. The van der Waals surface area contributed by atoms with Crippen molar-refractivity contribution in [2.24, 2.45) is 0 Å².